The van der Waals surface area contributed by atoms with Crippen LogP contribution in [0, 0.1) is 0 Å². The molecule has 2 aliphatic rings. The highest BCUT2D eigenvalue weighted by atomic mass is 19.4. The van der Waals surface area contributed by atoms with Crippen LogP contribution in [0.3, 0.4) is 0 Å². The first kappa shape index (κ1) is 24.0. The SMILES string of the molecule is CC1CC(O)(c2cccnc2)CC(COc2cc(C(F)(F)F)c3c(c2)ncn3C2CC(C)(O)C2)N1. The Kier molecular flexibility index (Phi) is 5.81. The summed E-state index contributed by atoms with van der Waals surface area (Å²) in [5.41, 5.74) is -1.88. The lowest BCUT2D eigenvalue weighted by atomic mass is 9.77. The van der Waals surface area contributed by atoms with Crippen molar-refractivity contribution in [2.24, 2.45) is 0 Å². The van der Waals surface area contributed by atoms with Crippen molar-refractivity contribution in [3.8, 4) is 5.75 Å². The van der Waals surface area contributed by atoms with E-state index in [1.54, 1.807) is 25.4 Å². The lowest BCUT2D eigenvalue weighted by Crippen LogP contribution is -2.53. The van der Waals surface area contributed by atoms with E-state index >= 15 is 0 Å². The third-order valence-electron chi connectivity index (χ3n) is 7.09. The largest absolute Gasteiger partial charge is 0.492 e. The molecule has 3 heterocycles. The van der Waals surface area contributed by atoms with E-state index in [2.05, 4.69) is 15.3 Å². The Morgan fingerprint density at radius 2 is 1.97 bits per heavy atom. The second-order valence-corrected chi connectivity index (χ2v) is 10.3. The molecule has 2 aromatic heterocycles. The fourth-order valence-electron chi connectivity index (χ4n) is 5.57. The average molecular weight is 491 g/mol. The molecule has 0 amide bonds. The molecule has 3 unspecified atom stereocenters. The van der Waals surface area contributed by atoms with Gasteiger partial charge in [-0.1, -0.05) is 6.07 Å². The van der Waals surface area contributed by atoms with Crippen molar-refractivity contribution in [3.05, 3.63) is 54.1 Å². The number of nitrogens with one attached hydrogen (secondary N) is 1. The van der Waals surface area contributed by atoms with Gasteiger partial charge in [-0.2, -0.15) is 13.2 Å². The van der Waals surface area contributed by atoms with Gasteiger partial charge in [-0.25, -0.2) is 4.98 Å². The summed E-state index contributed by atoms with van der Waals surface area (Å²) < 4.78 is 49.4. The van der Waals surface area contributed by atoms with Gasteiger partial charge in [0.15, 0.2) is 0 Å². The number of pyridine rings is 1. The Morgan fingerprint density at radius 3 is 2.63 bits per heavy atom. The monoisotopic (exact) mass is 490 g/mol. The summed E-state index contributed by atoms with van der Waals surface area (Å²) in [6.45, 7) is 3.71. The molecule has 5 rings (SSSR count). The minimum absolute atomic E-state index is 0.000663. The molecule has 3 atom stereocenters. The molecule has 188 valence electrons. The predicted molar refractivity (Wildman–Crippen MR) is 123 cm³/mol. The maximum atomic E-state index is 14.0. The highest BCUT2D eigenvalue weighted by molar-refractivity contribution is 5.82. The standard InChI is InChI=1S/C25H29F3N4O3/c1-15-8-24(34,16-4-3-5-29-12-16)9-17(31-15)13-35-19-6-20(25(26,27)28)22-21(7-19)30-14-32(22)18-10-23(2,33)11-18/h3-7,12,14-15,17-18,31,33-34H,8-11,13H2,1-2H3. The second kappa shape index (κ2) is 8.46. The van der Waals surface area contributed by atoms with Gasteiger partial charge < -0.3 is 24.8 Å². The third kappa shape index (κ3) is 4.74. The Bertz CT molecular complexity index is 1210. The fourth-order valence-corrected chi connectivity index (χ4v) is 5.57. The summed E-state index contributed by atoms with van der Waals surface area (Å²) in [5.74, 6) is 0.0700. The number of benzene rings is 1. The van der Waals surface area contributed by atoms with Gasteiger partial charge >= 0.3 is 6.18 Å². The Morgan fingerprint density at radius 1 is 1.20 bits per heavy atom. The van der Waals surface area contributed by atoms with Crippen molar-refractivity contribution in [3.63, 3.8) is 0 Å². The maximum Gasteiger partial charge on any atom is 0.418 e. The lowest BCUT2D eigenvalue weighted by Gasteiger charge is -2.42. The van der Waals surface area contributed by atoms with Gasteiger partial charge in [-0.3, -0.25) is 4.98 Å². The van der Waals surface area contributed by atoms with E-state index in [9.17, 15) is 23.4 Å². The molecule has 7 nitrogen and oxygen atoms in total. The van der Waals surface area contributed by atoms with Crippen molar-refractivity contribution in [1.29, 1.82) is 0 Å². The summed E-state index contributed by atoms with van der Waals surface area (Å²) >= 11 is 0. The van der Waals surface area contributed by atoms with Gasteiger partial charge in [-0.05, 0) is 51.7 Å². The molecular weight excluding hydrogens is 461 g/mol. The number of alkyl halides is 3. The van der Waals surface area contributed by atoms with Crippen molar-refractivity contribution >= 4 is 11.0 Å². The molecule has 35 heavy (non-hydrogen) atoms. The number of hydrogen-bond acceptors (Lipinski definition) is 6. The van der Waals surface area contributed by atoms with Crippen LogP contribution in [0.25, 0.3) is 11.0 Å². The number of ether oxygens (including phenoxy) is 1. The van der Waals surface area contributed by atoms with E-state index in [1.807, 2.05) is 13.0 Å². The van der Waals surface area contributed by atoms with Crippen molar-refractivity contribution in [2.75, 3.05) is 6.61 Å². The minimum atomic E-state index is -4.60. The quantitative estimate of drug-likeness (QED) is 0.502. The molecule has 0 spiro atoms. The van der Waals surface area contributed by atoms with Gasteiger partial charge in [0, 0.05) is 42.1 Å². The minimum Gasteiger partial charge on any atom is -0.492 e. The molecule has 0 bridgehead atoms. The molecule has 0 radical (unpaired) electrons. The molecule has 1 saturated heterocycles. The Hall–Kier alpha value is -2.69. The van der Waals surface area contributed by atoms with Gasteiger partial charge in [0.1, 0.15) is 12.4 Å². The highest BCUT2D eigenvalue weighted by Gasteiger charge is 2.43. The summed E-state index contributed by atoms with van der Waals surface area (Å²) in [6, 6.07) is 5.58. The zero-order chi connectivity index (χ0) is 25.0. The second-order valence-electron chi connectivity index (χ2n) is 10.3. The first-order chi connectivity index (χ1) is 16.4. The molecule has 3 aromatic rings. The molecular formula is C25H29F3N4O3. The first-order valence-corrected chi connectivity index (χ1v) is 11.8. The third-order valence-corrected chi connectivity index (χ3v) is 7.09. The van der Waals surface area contributed by atoms with Crippen LogP contribution in [0.4, 0.5) is 13.2 Å². The molecule has 1 aliphatic carbocycles. The van der Waals surface area contributed by atoms with Crippen molar-refractivity contribution in [1.82, 2.24) is 19.9 Å². The van der Waals surface area contributed by atoms with Crippen LogP contribution < -0.4 is 10.1 Å². The van der Waals surface area contributed by atoms with Crippen molar-refractivity contribution in [2.45, 2.75) is 75.0 Å². The summed E-state index contributed by atoms with van der Waals surface area (Å²) in [7, 11) is 0. The molecule has 10 heteroatoms. The van der Waals surface area contributed by atoms with Crippen LogP contribution in [0.5, 0.6) is 5.75 Å². The number of nitrogens with zero attached hydrogens (tertiary/aromatic N) is 3. The van der Waals surface area contributed by atoms with Crippen LogP contribution in [0.15, 0.2) is 43.0 Å². The van der Waals surface area contributed by atoms with Crippen molar-refractivity contribution < 1.29 is 28.1 Å². The zero-order valence-electron chi connectivity index (χ0n) is 19.6. The van der Waals surface area contributed by atoms with E-state index < -0.39 is 22.9 Å². The van der Waals surface area contributed by atoms with E-state index in [0.29, 0.717) is 31.2 Å². The topological polar surface area (TPSA) is 92.4 Å². The van der Waals surface area contributed by atoms with Crippen LogP contribution in [0.1, 0.15) is 56.7 Å². The van der Waals surface area contributed by atoms with Crippen LogP contribution >= 0.6 is 0 Å². The van der Waals surface area contributed by atoms with Gasteiger partial charge in [0.05, 0.1) is 34.1 Å². The van der Waals surface area contributed by atoms with Crippen LogP contribution in [-0.2, 0) is 11.8 Å². The fraction of sp³-hybridized carbons (Fsp3) is 0.520. The van der Waals surface area contributed by atoms with E-state index in [1.165, 1.54) is 17.0 Å². The normalized spacial score (nSPS) is 31.3. The number of rotatable bonds is 5. The van der Waals surface area contributed by atoms with E-state index in [-0.39, 0.29) is 41.5 Å². The highest BCUT2D eigenvalue weighted by Crippen LogP contribution is 2.45. The smallest absolute Gasteiger partial charge is 0.418 e. The molecule has 3 N–H and O–H groups in total. The summed E-state index contributed by atoms with van der Waals surface area (Å²) in [4.78, 5) is 8.31. The predicted octanol–water partition coefficient (Wildman–Crippen LogP) is 3.94. The number of imidazole rings is 1. The molecule has 1 saturated carbocycles. The molecule has 2 fully saturated rings. The van der Waals surface area contributed by atoms with Crippen LogP contribution in [0.2, 0.25) is 0 Å². The van der Waals surface area contributed by atoms with Gasteiger partial charge in [0.2, 0.25) is 0 Å². The molecule has 1 aliphatic heterocycles. The average Bonchev–Trinajstić information content (AvgIpc) is 3.18. The van der Waals surface area contributed by atoms with E-state index in [4.69, 9.17) is 4.74 Å². The number of fused-ring (bicyclic) bond motifs is 1. The number of halogens is 3. The number of piperidine rings is 1. The Balaban J connectivity index is 1.38. The number of aromatic nitrogens is 3. The zero-order valence-corrected chi connectivity index (χ0v) is 19.6. The lowest BCUT2D eigenvalue weighted by molar-refractivity contribution is -0.136. The van der Waals surface area contributed by atoms with Gasteiger partial charge in [-0.15, -0.1) is 0 Å². The van der Waals surface area contributed by atoms with E-state index in [0.717, 1.165) is 6.07 Å². The molecule has 1 aromatic carbocycles. The maximum absolute atomic E-state index is 14.0. The summed E-state index contributed by atoms with van der Waals surface area (Å²) in [6.07, 6.45) is 1.66. The van der Waals surface area contributed by atoms with Crippen LogP contribution in [-0.4, -0.2) is 49.0 Å². The van der Waals surface area contributed by atoms with Gasteiger partial charge in [0.25, 0.3) is 0 Å². The summed E-state index contributed by atoms with van der Waals surface area (Å²) in [5, 5.41) is 24.7. The number of aliphatic hydroxyl groups is 2. The number of hydrogen-bond donors (Lipinski definition) is 3. The first-order valence-electron chi connectivity index (χ1n) is 11.8. The Labute approximate surface area is 201 Å².